The summed E-state index contributed by atoms with van der Waals surface area (Å²) >= 11 is 1.37. The Kier molecular flexibility index (Phi) is 6.77. The van der Waals surface area contributed by atoms with Crippen molar-refractivity contribution in [1.29, 1.82) is 0 Å². The molecule has 1 fully saturated rings. The Bertz CT molecular complexity index is 526. The highest BCUT2D eigenvalue weighted by Crippen LogP contribution is 2.21. The van der Waals surface area contributed by atoms with Gasteiger partial charge in [0.1, 0.15) is 5.75 Å². The SMILES string of the molecule is COc1ccc(SCC(=O)O[C@@H](C)C(=O)NC2CCCC2)cc1. The zero-order chi connectivity index (χ0) is 16.7. The number of thioether (sulfide) groups is 1. The molecule has 0 heterocycles. The predicted molar refractivity (Wildman–Crippen MR) is 89.7 cm³/mol. The van der Waals surface area contributed by atoms with E-state index in [2.05, 4.69) is 5.32 Å². The maximum atomic E-state index is 12.0. The van der Waals surface area contributed by atoms with Crippen LogP contribution in [0.5, 0.6) is 5.75 Å². The topological polar surface area (TPSA) is 64.6 Å². The molecule has 0 unspecified atom stereocenters. The summed E-state index contributed by atoms with van der Waals surface area (Å²) in [5.41, 5.74) is 0. The van der Waals surface area contributed by atoms with E-state index in [1.807, 2.05) is 24.3 Å². The number of amides is 1. The van der Waals surface area contributed by atoms with Crippen molar-refractivity contribution in [2.45, 2.75) is 49.6 Å². The van der Waals surface area contributed by atoms with Crippen molar-refractivity contribution < 1.29 is 19.1 Å². The number of hydrogen-bond acceptors (Lipinski definition) is 5. The molecule has 1 N–H and O–H groups in total. The molecule has 0 saturated heterocycles. The fraction of sp³-hybridized carbons (Fsp3) is 0.529. The van der Waals surface area contributed by atoms with Crippen molar-refractivity contribution in [2.24, 2.45) is 0 Å². The summed E-state index contributed by atoms with van der Waals surface area (Å²) in [5.74, 6) is 0.349. The fourth-order valence-corrected chi connectivity index (χ4v) is 3.17. The molecule has 1 amide bonds. The molecule has 0 spiro atoms. The molecule has 1 aliphatic rings. The van der Waals surface area contributed by atoms with Gasteiger partial charge < -0.3 is 14.8 Å². The third-order valence-corrected chi connectivity index (χ3v) is 4.78. The van der Waals surface area contributed by atoms with E-state index in [0.717, 1.165) is 36.3 Å². The highest BCUT2D eigenvalue weighted by molar-refractivity contribution is 8.00. The molecule has 1 saturated carbocycles. The van der Waals surface area contributed by atoms with Gasteiger partial charge in [0, 0.05) is 10.9 Å². The van der Waals surface area contributed by atoms with Gasteiger partial charge in [0.05, 0.1) is 12.9 Å². The van der Waals surface area contributed by atoms with Crippen LogP contribution in [0.2, 0.25) is 0 Å². The number of methoxy groups -OCH3 is 1. The van der Waals surface area contributed by atoms with Gasteiger partial charge in [-0.25, -0.2) is 0 Å². The lowest BCUT2D eigenvalue weighted by atomic mass is 10.2. The number of rotatable bonds is 7. The van der Waals surface area contributed by atoms with Gasteiger partial charge in [-0.3, -0.25) is 9.59 Å². The lowest BCUT2D eigenvalue weighted by Crippen LogP contribution is -2.41. The maximum absolute atomic E-state index is 12.0. The van der Waals surface area contributed by atoms with Crippen LogP contribution in [0.4, 0.5) is 0 Å². The molecule has 0 aliphatic heterocycles. The highest BCUT2D eigenvalue weighted by Gasteiger charge is 2.22. The van der Waals surface area contributed by atoms with E-state index in [-0.39, 0.29) is 23.7 Å². The number of hydrogen-bond donors (Lipinski definition) is 1. The van der Waals surface area contributed by atoms with E-state index in [0.29, 0.717) is 0 Å². The van der Waals surface area contributed by atoms with Crippen LogP contribution in [0, 0.1) is 0 Å². The van der Waals surface area contributed by atoms with Crippen molar-refractivity contribution >= 4 is 23.6 Å². The first-order valence-electron chi connectivity index (χ1n) is 7.85. The second-order valence-electron chi connectivity index (χ2n) is 5.59. The average molecular weight is 337 g/mol. The average Bonchev–Trinajstić information content (AvgIpc) is 3.06. The predicted octanol–water partition coefficient (Wildman–Crippen LogP) is 2.78. The molecule has 0 aromatic heterocycles. The Morgan fingerprint density at radius 3 is 2.52 bits per heavy atom. The molecule has 126 valence electrons. The van der Waals surface area contributed by atoms with Crippen LogP contribution < -0.4 is 10.1 Å². The van der Waals surface area contributed by atoms with Crippen molar-refractivity contribution in [3.8, 4) is 5.75 Å². The Morgan fingerprint density at radius 1 is 1.26 bits per heavy atom. The molecular weight excluding hydrogens is 314 g/mol. The van der Waals surface area contributed by atoms with Crippen LogP contribution in [-0.2, 0) is 14.3 Å². The smallest absolute Gasteiger partial charge is 0.317 e. The van der Waals surface area contributed by atoms with E-state index >= 15 is 0 Å². The minimum absolute atomic E-state index is 0.174. The summed E-state index contributed by atoms with van der Waals surface area (Å²) in [4.78, 5) is 24.8. The van der Waals surface area contributed by atoms with Crippen LogP contribution in [-0.4, -0.2) is 36.9 Å². The van der Waals surface area contributed by atoms with Gasteiger partial charge in [-0.05, 0) is 44.0 Å². The van der Waals surface area contributed by atoms with Crippen molar-refractivity contribution in [3.63, 3.8) is 0 Å². The van der Waals surface area contributed by atoms with Crippen LogP contribution in [0.1, 0.15) is 32.6 Å². The second kappa shape index (κ2) is 8.82. The largest absolute Gasteiger partial charge is 0.497 e. The van der Waals surface area contributed by atoms with Gasteiger partial charge in [-0.15, -0.1) is 11.8 Å². The number of carbonyl (C=O) groups is 2. The molecule has 1 aromatic carbocycles. The second-order valence-corrected chi connectivity index (χ2v) is 6.64. The summed E-state index contributed by atoms with van der Waals surface area (Å²) in [5, 5.41) is 2.93. The van der Waals surface area contributed by atoms with Gasteiger partial charge >= 0.3 is 5.97 Å². The molecule has 6 heteroatoms. The first kappa shape index (κ1) is 17.7. The molecule has 0 radical (unpaired) electrons. The molecular formula is C17H23NO4S. The maximum Gasteiger partial charge on any atom is 0.317 e. The van der Waals surface area contributed by atoms with Crippen LogP contribution >= 0.6 is 11.8 Å². The Morgan fingerprint density at radius 2 is 1.91 bits per heavy atom. The van der Waals surface area contributed by atoms with E-state index in [9.17, 15) is 9.59 Å². The Balaban J connectivity index is 1.71. The first-order chi connectivity index (χ1) is 11.1. The van der Waals surface area contributed by atoms with Gasteiger partial charge in [0.2, 0.25) is 0 Å². The Hall–Kier alpha value is -1.69. The molecule has 5 nitrogen and oxygen atoms in total. The lowest BCUT2D eigenvalue weighted by Gasteiger charge is -2.17. The highest BCUT2D eigenvalue weighted by atomic mass is 32.2. The zero-order valence-corrected chi connectivity index (χ0v) is 14.4. The van der Waals surface area contributed by atoms with Gasteiger partial charge in [0.15, 0.2) is 6.10 Å². The number of nitrogens with one attached hydrogen (secondary N) is 1. The standard InChI is InChI=1S/C17H23NO4S/c1-12(17(20)18-13-5-3-4-6-13)22-16(19)11-23-15-9-7-14(21-2)8-10-15/h7-10,12-13H,3-6,11H2,1-2H3,(H,18,20)/t12-/m0/s1. The van der Waals surface area contributed by atoms with Crippen LogP contribution in [0.15, 0.2) is 29.2 Å². The normalized spacial score (nSPS) is 15.9. The van der Waals surface area contributed by atoms with Crippen LogP contribution in [0.25, 0.3) is 0 Å². The van der Waals surface area contributed by atoms with Gasteiger partial charge in [-0.2, -0.15) is 0 Å². The molecule has 1 aliphatic carbocycles. The summed E-state index contributed by atoms with van der Waals surface area (Å²) in [6.45, 7) is 1.61. The molecule has 23 heavy (non-hydrogen) atoms. The van der Waals surface area contributed by atoms with Gasteiger partial charge in [0.25, 0.3) is 5.91 Å². The number of carbonyl (C=O) groups excluding carboxylic acids is 2. The molecule has 1 atom stereocenters. The lowest BCUT2D eigenvalue weighted by molar-refractivity contribution is -0.152. The minimum atomic E-state index is -0.750. The van der Waals surface area contributed by atoms with Gasteiger partial charge in [-0.1, -0.05) is 12.8 Å². The van der Waals surface area contributed by atoms with E-state index < -0.39 is 6.10 Å². The number of benzene rings is 1. The zero-order valence-electron chi connectivity index (χ0n) is 13.5. The third kappa shape index (κ3) is 5.78. The number of ether oxygens (including phenoxy) is 2. The number of esters is 1. The summed E-state index contributed by atoms with van der Waals surface area (Å²) in [6.07, 6.45) is 3.58. The quantitative estimate of drug-likeness (QED) is 0.612. The summed E-state index contributed by atoms with van der Waals surface area (Å²) in [7, 11) is 1.61. The molecule has 1 aromatic rings. The van der Waals surface area contributed by atoms with Crippen LogP contribution in [0.3, 0.4) is 0 Å². The van der Waals surface area contributed by atoms with Crippen molar-refractivity contribution in [1.82, 2.24) is 5.32 Å². The monoisotopic (exact) mass is 337 g/mol. The first-order valence-corrected chi connectivity index (χ1v) is 8.83. The molecule has 2 rings (SSSR count). The van der Waals surface area contributed by atoms with E-state index in [1.54, 1.807) is 14.0 Å². The minimum Gasteiger partial charge on any atom is -0.497 e. The molecule has 0 bridgehead atoms. The van der Waals surface area contributed by atoms with Crippen molar-refractivity contribution in [2.75, 3.05) is 12.9 Å². The third-order valence-electron chi connectivity index (χ3n) is 3.80. The van der Waals surface area contributed by atoms with E-state index in [1.165, 1.54) is 11.8 Å². The summed E-state index contributed by atoms with van der Waals surface area (Å²) in [6, 6.07) is 7.67. The van der Waals surface area contributed by atoms with E-state index in [4.69, 9.17) is 9.47 Å². The fourth-order valence-electron chi connectivity index (χ4n) is 2.49. The Labute approximate surface area is 141 Å². The summed E-state index contributed by atoms with van der Waals surface area (Å²) < 4.78 is 10.3. The van der Waals surface area contributed by atoms with Crippen molar-refractivity contribution in [3.05, 3.63) is 24.3 Å².